The van der Waals surface area contributed by atoms with Crippen molar-refractivity contribution in [2.24, 2.45) is 0 Å². The topological polar surface area (TPSA) is 181 Å². The molecule has 0 spiro atoms. The summed E-state index contributed by atoms with van der Waals surface area (Å²) in [6.07, 6.45) is 4.41. The second-order valence-corrected chi connectivity index (χ2v) is 8.27. The Labute approximate surface area is 219 Å². The van der Waals surface area contributed by atoms with Crippen LogP contribution in [0.3, 0.4) is 0 Å². The highest BCUT2D eigenvalue weighted by atomic mass is 35.5. The molecule has 2 heterocycles. The molecule has 1 atom stereocenters. The third kappa shape index (κ3) is 6.53. The molecule has 0 saturated heterocycles. The molecule has 38 heavy (non-hydrogen) atoms. The molecule has 0 bridgehead atoms. The van der Waals surface area contributed by atoms with Crippen molar-refractivity contribution in [1.82, 2.24) is 30.5 Å². The van der Waals surface area contributed by atoms with E-state index in [9.17, 15) is 19.2 Å². The molecular formula is C24H19ClN8O5. The van der Waals surface area contributed by atoms with Gasteiger partial charge in [0, 0.05) is 29.5 Å². The van der Waals surface area contributed by atoms with Crippen LogP contribution in [0.4, 0.5) is 11.4 Å². The molecule has 0 aliphatic carbocycles. The van der Waals surface area contributed by atoms with Gasteiger partial charge in [-0.25, -0.2) is 4.79 Å². The van der Waals surface area contributed by atoms with Gasteiger partial charge in [-0.2, -0.15) is 4.68 Å². The van der Waals surface area contributed by atoms with Gasteiger partial charge in [-0.3, -0.25) is 19.4 Å². The number of carbonyl (C=O) groups excluding carboxylic acids is 3. The number of aromatic nitrogens is 5. The third-order valence-corrected chi connectivity index (χ3v) is 5.43. The predicted molar refractivity (Wildman–Crippen MR) is 135 cm³/mol. The van der Waals surface area contributed by atoms with Crippen molar-refractivity contribution in [3.63, 3.8) is 0 Å². The van der Waals surface area contributed by atoms with Crippen molar-refractivity contribution in [3.8, 4) is 5.69 Å². The summed E-state index contributed by atoms with van der Waals surface area (Å²) in [5.74, 6) is -3.89. The van der Waals surface area contributed by atoms with E-state index in [1.54, 1.807) is 30.5 Å². The van der Waals surface area contributed by atoms with E-state index in [0.717, 1.165) is 0 Å². The van der Waals surface area contributed by atoms with Crippen molar-refractivity contribution >= 4 is 46.7 Å². The quantitative estimate of drug-likeness (QED) is 0.244. The lowest BCUT2D eigenvalue weighted by atomic mass is 10.1. The Balaban J connectivity index is 1.50. The zero-order valence-electron chi connectivity index (χ0n) is 19.4. The van der Waals surface area contributed by atoms with E-state index in [4.69, 9.17) is 16.7 Å². The van der Waals surface area contributed by atoms with Crippen LogP contribution in [-0.2, 0) is 20.8 Å². The molecule has 0 aliphatic heterocycles. The van der Waals surface area contributed by atoms with Crippen molar-refractivity contribution in [2.75, 3.05) is 10.6 Å². The first kappa shape index (κ1) is 25.9. The van der Waals surface area contributed by atoms with Crippen LogP contribution in [0.15, 0.2) is 73.3 Å². The minimum absolute atomic E-state index is 0.0267. The molecule has 13 nitrogen and oxygen atoms in total. The lowest BCUT2D eigenvalue weighted by Gasteiger charge is -2.19. The smallest absolute Gasteiger partial charge is 0.335 e. The van der Waals surface area contributed by atoms with Crippen LogP contribution >= 0.6 is 11.6 Å². The van der Waals surface area contributed by atoms with E-state index in [1.807, 2.05) is 0 Å². The lowest BCUT2D eigenvalue weighted by Crippen LogP contribution is -2.49. The Morgan fingerprint density at radius 1 is 1.00 bits per heavy atom. The number of nitrogens with zero attached hydrogens (tertiary/aromatic N) is 5. The molecule has 192 valence electrons. The highest BCUT2D eigenvalue weighted by Gasteiger charge is 2.26. The van der Waals surface area contributed by atoms with Gasteiger partial charge in [0.25, 0.3) is 0 Å². The van der Waals surface area contributed by atoms with Gasteiger partial charge in [0.1, 0.15) is 12.4 Å². The zero-order valence-corrected chi connectivity index (χ0v) is 20.2. The molecule has 4 aromatic rings. The van der Waals surface area contributed by atoms with Crippen LogP contribution < -0.4 is 16.0 Å². The molecule has 0 unspecified atom stereocenters. The van der Waals surface area contributed by atoms with E-state index in [2.05, 4.69) is 36.5 Å². The highest BCUT2D eigenvalue weighted by molar-refractivity contribution is 6.40. The van der Waals surface area contributed by atoms with Crippen LogP contribution in [0.5, 0.6) is 0 Å². The molecule has 4 rings (SSSR count). The summed E-state index contributed by atoms with van der Waals surface area (Å²) in [6.45, 7) is 0. The first-order valence-electron chi connectivity index (χ1n) is 11.0. The number of benzene rings is 2. The largest absolute Gasteiger partial charge is 0.478 e. The number of carboxylic acids is 1. The average molecular weight is 535 g/mol. The molecule has 4 N–H and O–H groups in total. The fourth-order valence-electron chi connectivity index (χ4n) is 3.37. The number of nitrogens with one attached hydrogen (secondary N) is 3. The van der Waals surface area contributed by atoms with E-state index in [1.165, 1.54) is 47.5 Å². The van der Waals surface area contributed by atoms with Gasteiger partial charge < -0.3 is 21.1 Å². The normalized spacial score (nSPS) is 11.3. The second kappa shape index (κ2) is 11.7. The van der Waals surface area contributed by atoms with Gasteiger partial charge in [0.05, 0.1) is 16.9 Å². The summed E-state index contributed by atoms with van der Waals surface area (Å²) in [4.78, 5) is 53.8. The maximum atomic E-state index is 13.1. The number of anilines is 2. The standard InChI is InChI=1S/C24H19ClN8O5/c25-16-5-8-20(33-13-27-31-32-33)18(11-16)29-22(35)23(36)30-19(10-14-2-1-9-26-12-14)21(34)28-17-6-3-15(4-7-17)24(37)38/h1-9,11-13,19H,10H2,(H,28,34)(H,29,35)(H,30,36)(H,37,38)/t19-/m0/s1. The first-order valence-corrected chi connectivity index (χ1v) is 11.4. The SMILES string of the molecule is O=C(Nc1cc(Cl)ccc1-n1cnnn1)C(=O)N[C@@H](Cc1cccnc1)C(=O)Nc1ccc(C(=O)O)cc1. The van der Waals surface area contributed by atoms with E-state index >= 15 is 0 Å². The molecule has 2 aromatic heterocycles. The van der Waals surface area contributed by atoms with Crippen LogP contribution in [0, 0.1) is 0 Å². The number of carbonyl (C=O) groups is 4. The minimum Gasteiger partial charge on any atom is -0.478 e. The molecule has 14 heteroatoms. The maximum Gasteiger partial charge on any atom is 0.335 e. The summed E-state index contributed by atoms with van der Waals surface area (Å²) in [5, 5.41) is 27.7. The monoisotopic (exact) mass is 534 g/mol. The molecule has 0 fully saturated rings. The Morgan fingerprint density at radius 2 is 1.79 bits per heavy atom. The minimum atomic E-state index is -1.17. The van der Waals surface area contributed by atoms with E-state index < -0.39 is 29.7 Å². The molecule has 0 aliphatic rings. The van der Waals surface area contributed by atoms with Crippen LogP contribution in [0.2, 0.25) is 5.02 Å². The number of amides is 3. The van der Waals surface area contributed by atoms with E-state index in [-0.39, 0.29) is 17.7 Å². The Bertz CT molecular complexity index is 1460. The van der Waals surface area contributed by atoms with Gasteiger partial charge in [-0.1, -0.05) is 17.7 Å². The fourth-order valence-corrected chi connectivity index (χ4v) is 3.54. The summed E-state index contributed by atoms with van der Waals surface area (Å²) in [6, 6.07) is 12.2. The number of rotatable bonds is 8. The summed E-state index contributed by atoms with van der Waals surface area (Å²) in [5.41, 5.74) is 1.50. The number of hydrogen-bond donors (Lipinski definition) is 4. The maximum absolute atomic E-state index is 13.1. The number of carboxylic acid groups (broad SMARTS) is 1. The molecule has 0 radical (unpaired) electrons. The Kier molecular flexibility index (Phi) is 7.98. The second-order valence-electron chi connectivity index (χ2n) is 7.83. The molecule has 0 saturated carbocycles. The Hall–Kier alpha value is -5.17. The van der Waals surface area contributed by atoms with Crippen molar-refractivity contribution in [3.05, 3.63) is 89.5 Å². The predicted octanol–water partition coefficient (Wildman–Crippen LogP) is 1.71. The van der Waals surface area contributed by atoms with Crippen LogP contribution in [0.25, 0.3) is 5.69 Å². The third-order valence-electron chi connectivity index (χ3n) is 5.19. The van der Waals surface area contributed by atoms with Gasteiger partial charge in [-0.15, -0.1) is 5.10 Å². The summed E-state index contributed by atoms with van der Waals surface area (Å²) >= 11 is 6.06. The average Bonchev–Trinajstić information content (AvgIpc) is 3.44. The number of hydrogen-bond acceptors (Lipinski definition) is 8. The van der Waals surface area contributed by atoms with Crippen molar-refractivity contribution in [2.45, 2.75) is 12.5 Å². The lowest BCUT2D eigenvalue weighted by molar-refractivity contribution is -0.137. The Morgan fingerprint density at radius 3 is 2.45 bits per heavy atom. The van der Waals surface area contributed by atoms with Gasteiger partial charge >= 0.3 is 17.8 Å². The summed E-state index contributed by atoms with van der Waals surface area (Å²) < 4.78 is 1.28. The van der Waals surface area contributed by atoms with Crippen molar-refractivity contribution < 1.29 is 24.3 Å². The molecule has 3 amide bonds. The van der Waals surface area contributed by atoms with Gasteiger partial charge in [0.15, 0.2) is 0 Å². The number of pyridine rings is 1. The number of aromatic carboxylic acids is 1. The zero-order chi connectivity index (χ0) is 27.1. The van der Waals surface area contributed by atoms with Gasteiger partial charge in [-0.05, 0) is 64.5 Å². The molecular weight excluding hydrogens is 516 g/mol. The first-order chi connectivity index (χ1) is 18.3. The van der Waals surface area contributed by atoms with Crippen LogP contribution in [0.1, 0.15) is 15.9 Å². The van der Waals surface area contributed by atoms with Gasteiger partial charge in [0.2, 0.25) is 5.91 Å². The number of tetrazole rings is 1. The van der Waals surface area contributed by atoms with Crippen LogP contribution in [-0.4, -0.2) is 60.0 Å². The fraction of sp³-hybridized carbons (Fsp3) is 0.0833. The highest BCUT2D eigenvalue weighted by Crippen LogP contribution is 2.23. The summed E-state index contributed by atoms with van der Waals surface area (Å²) in [7, 11) is 0. The van der Waals surface area contributed by atoms with Crippen molar-refractivity contribution in [1.29, 1.82) is 0 Å². The molecule has 2 aromatic carbocycles. The number of halogens is 1. The van der Waals surface area contributed by atoms with E-state index in [0.29, 0.717) is 22.0 Å².